The number of hydrazine groups is 1. The summed E-state index contributed by atoms with van der Waals surface area (Å²) in [7, 11) is 0. The fourth-order valence-corrected chi connectivity index (χ4v) is 1.22. The summed E-state index contributed by atoms with van der Waals surface area (Å²) in [6, 6.07) is 12.2. The molecule has 2 aromatic rings. The molecule has 2 rings (SSSR count). The van der Waals surface area contributed by atoms with Crippen LogP contribution in [0.1, 0.15) is 10.6 Å². The molecule has 0 radical (unpaired) electrons. The van der Waals surface area contributed by atoms with Gasteiger partial charge < -0.3 is 4.42 Å². The monoisotopic (exact) mass is 238 g/mol. The van der Waals surface area contributed by atoms with Crippen molar-refractivity contribution in [2.45, 2.75) is 0 Å². The van der Waals surface area contributed by atoms with E-state index in [1.807, 2.05) is 18.2 Å². The number of carbonyl (C=O) groups excluding carboxylic acids is 1. The Kier molecular flexibility index (Phi) is 4.10. The van der Waals surface area contributed by atoms with E-state index >= 15 is 0 Å². The van der Waals surface area contributed by atoms with Gasteiger partial charge in [-0.1, -0.05) is 18.2 Å². The van der Waals surface area contributed by atoms with Crippen molar-refractivity contribution in [2.24, 2.45) is 5.84 Å². The number of benzene rings is 1. The summed E-state index contributed by atoms with van der Waals surface area (Å²) in [5.74, 6) is 5.51. The zero-order chi connectivity index (χ0) is 10.7. The molecule has 0 atom stereocenters. The zero-order valence-electron chi connectivity index (χ0n) is 8.37. The molecule has 2 N–H and O–H groups in total. The Labute approximate surface area is 99.0 Å². The number of anilines is 1. The summed E-state index contributed by atoms with van der Waals surface area (Å²) in [6.45, 7) is 0. The van der Waals surface area contributed by atoms with Crippen LogP contribution in [0.5, 0.6) is 0 Å². The molecular weight excluding hydrogens is 228 g/mol. The van der Waals surface area contributed by atoms with Gasteiger partial charge in [-0.15, -0.1) is 12.4 Å². The lowest BCUT2D eigenvalue weighted by atomic mass is 10.3. The second kappa shape index (κ2) is 5.34. The minimum atomic E-state index is -0.369. The molecule has 4 nitrogen and oxygen atoms in total. The maximum atomic E-state index is 11.7. The molecule has 0 saturated heterocycles. The van der Waals surface area contributed by atoms with Gasteiger partial charge in [-0.25, -0.2) is 10.9 Å². The topological polar surface area (TPSA) is 59.5 Å². The number of nitrogens with zero attached hydrogens (tertiary/aromatic N) is 1. The van der Waals surface area contributed by atoms with E-state index in [1.165, 1.54) is 6.26 Å². The minimum Gasteiger partial charge on any atom is -0.459 e. The first kappa shape index (κ1) is 12.3. The third kappa shape index (κ3) is 2.42. The van der Waals surface area contributed by atoms with Gasteiger partial charge in [0.15, 0.2) is 5.76 Å². The van der Waals surface area contributed by atoms with Gasteiger partial charge in [0, 0.05) is 0 Å². The first-order valence-corrected chi connectivity index (χ1v) is 4.47. The van der Waals surface area contributed by atoms with Crippen LogP contribution in [0.3, 0.4) is 0 Å². The van der Waals surface area contributed by atoms with Crippen molar-refractivity contribution in [3.05, 3.63) is 54.5 Å². The molecule has 0 fully saturated rings. The van der Waals surface area contributed by atoms with Gasteiger partial charge >= 0.3 is 5.91 Å². The van der Waals surface area contributed by atoms with E-state index in [-0.39, 0.29) is 24.1 Å². The van der Waals surface area contributed by atoms with Crippen LogP contribution < -0.4 is 10.9 Å². The Bertz CT molecular complexity index is 442. The van der Waals surface area contributed by atoms with Gasteiger partial charge in [0.25, 0.3) is 0 Å². The Morgan fingerprint density at radius 1 is 1.12 bits per heavy atom. The van der Waals surface area contributed by atoms with Crippen molar-refractivity contribution in [3.63, 3.8) is 0 Å². The van der Waals surface area contributed by atoms with Gasteiger partial charge in [-0.3, -0.25) is 4.79 Å². The normalized spacial score (nSPS) is 9.31. The molecular formula is C11H11ClN2O2. The third-order valence-electron chi connectivity index (χ3n) is 1.99. The van der Waals surface area contributed by atoms with E-state index in [9.17, 15) is 4.79 Å². The van der Waals surface area contributed by atoms with Crippen molar-refractivity contribution in [1.29, 1.82) is 0 Å². The fourth-order valence-electron chi connectivity index (χ4n) is 1.22. The first-order chi connectivity index (χ1) is 7.29. The number of rotatable bonds is 2. The van der Waals surface area contributed by atoms with Crippen LogP contribution in [-0.4, -0.2) is 5.91 Å². The van der Waals surface area contributed by atoms with Crippen molar-refractivity contribution in [1.82, 2.24) is 0 Å². The molecule has 1 amide bonds. The molecule has 0 aliphatic carbocycles. The highest BCUT2D eigenvalue weighted by atomic mass is 35.5. The summed E-state index contributed by atoms with van der Waals surface area (Å²) >= 11 is 0. The number of para-hydroxylation sites is 1. The number of hydrogen-bond acceptors (Lipinski definition) is 3. The number of hydrogen-bond donors (Lipinski definition) is 1. The Morgan fingerprint density at radius 3 is 2.38 bits per heavy atom. The molecule has 5 heteroatoms. The standard InChI is InChI=1S/C11H10N2O2.ClH/c12-13(9-5-2-1-3-6-9)11(14)10-7-4-8-15-10;/h1-8H,12H2;1H. The lowest BCUT2D eigenvalue weighted by molar-refractivity contribution is 0.0960. The van der Waals surface area contributed by atoms with E-state index in [1.54, 1.807) is 24.3 Å². The molecule has 0 bridgehead atoms. The Balaban J connectivity index is 0.00000128. The number of amides is 1. The number of carbonyl (C=O) groups is 1. The van der Waals surface area contributed by atoms with E-state index in [0.717, 1.165) is 5.01 Å². The van der Waals surface area contributed by atoms with Gasteiger partial charge in [0.05, 0.1) is 12.0 Å². The van der Waals surface area contributed by atoms with Crippen LogP contribution in [-0.2, 0) is 0 Å². The van der Waals surface area contributed by atoms with Crippen molar-refractivity contribution in [3.8, 4) is 0 Å². The summed E-state index contributed by atoms with van der Waals surface area (Å²) in [4.78, 5) is 11.7. The van der Waals surface area contributed by atoms with Crippen LogP contribution in [0, 0.1) is 0 Å². The third-order valence-corrected chi connectivity index (χ3v) is 1.99. The highest BCUT2D eigenvalue weighted by Crippen LogP contribution is 2.13. The van der Waals surface area contributed by atoms with E-state index in [0.29, 0.717) is 5.69 Å². The molecule has 1 aromatic carbocycles. The molecule has 84 valence electrons. The van der Waals surface area contributed by atoms with Crippen molar-refractivity contribution >= 4 is 24.0 Å². The van der Waals surface area contributed by atoms with Gasteiger partial charge in [-0.05, 0) is 24.3 Å². The minimum absolute atomic E-state index is 0. The summed E-state index contributed by atoms with van der Waals surface area (Å²) in [6.07, 6.45) is 1.44. The smallest absolute Gasteiger partial charge is 0.308 e. The number of furan rings is 1. The molecule has 16 heavy (non-hydrogen) atoms. The second-order valence-corrected chi connectivity index (χ2v) is 2.99. The molecule has 1 aromatic heterocycles. The molecule has 0 spiro atoms. The lowest BCUT2D eigenvalue weighted by Gasteiger charge is -2.14. The van der Waals surface area contributed by atoms with Crippen LogP contribution in [0.15, 0.2) is 53.1 Å². The largest absolute Gasteiger partial charge is 0.459 e. The highest BCUT2D eigenvalue weighted by Gasteiger charge is 2.15. The predicted molar refractivity (Wildman–Crippen MR) is 63.4 cm³/mol. The van der Waals surface area contributed by atoms with Crippen LogP contribution in [0.25, 0.3) is 0 Å². The quantitative estimate of drug-likeness (QED) is 0.496. The molecule has 0 saturated carbocycles. The molecule has 1 heterocycles. The number of halogens is 1. The van der Waals surface area contributed by atoms with E-state index in [4.69, 9.17) is 10.3 Å². The van der Waals surface area contributed by atoms with E-state index in [2.05, 4.69) is 0 Å². The summed E-state index contributed by atoms with van der Waals surface area (Å²) < 4.78 is 4.97. The molecule has 0 aliphatic rings. The maximum absolute atomic E-state index is 11.7. The van der Waals surface area contributed by atoms with Gasteiger partial charge in [0.2, 0.25) is 0 Å². The SMILES string of the molecule is Cl.NN(C(=O)c1ccco1)c1ccccc1. The average Bonchev–Trinajstić information content (AvgIpc) is 2.82. The summed E-state index contributed by atoms with van der Waals surface area (Å²) in [5.41, 5.74) is 0.624. The van der Waals surface area contributed by atoms with Crippen LogP contribution >= 0.6 is 12.4 Å². The maximum Gasteiger partial charge on any atom is 0.308 e. The Morgan fingerprint density at radius 2 is 1.81 bits per heavy atom. The number of nitrogens with two attached hydrogens (primary N) is 1. The summed E-state index contributed by atoms with van der Waals surface area (Å²) in [5, 5.41) is 1.05. The van der Waals surface area contributed by atoms with Crippen molar-refractivity contribution < 1.29 is 9.21 Å². The average molecular weight is 239 g/mol. The van der Waals surface area contributed by atoms with Crippen LogP contribution in [0.4, 0.5) is 5.69 Å². The van der Waals surface area contributed by atoms with E-state index < -0.39 is 0 Å². The molecule has 0 aliphatic heterocycles. The predicted octanol–water partition coefficient (Wildman–Crippen LogP) is 2.22. The zero-order valence-corrected chi connectivity index (χ0v) is 9.18. The second-order valence-electron chi connectivity index (χ2n) is 2.99. The highest BCUT2D eigenvalue weighted by molar-refractivity contribution is 6.03. The molecule has 0 unspecified atom stereocenters. The fraction of sp³-hybridized carbons (Fsp3) is 0. The van der Waals surface area contributed by atoms with Gasteiger partial charge in [0.1, 0.15) is 0 Å². The lowest BCUT2D eigenvalue weighted by Crippen LogP contribution is -2.37. The Hall–Kier alpha value is -1.78. The van der Waals surface area contributed by atoms with Crippen LogP contribution in [0.2, 0.25) is 0 Å². The first-order valence-electron chi connectivity index (χ1n) is 4.47. The van der Waals surface area contributed by atoms with Gasteiger partial charge in [-0.2, -0.15) is 0 Å². The van der Waals surface area contributed by atoms with Crippen molar-refractivity contribution in [2.75, 3.05) is 5.01 Å².